The fourth-order valence-corrected chi connectivity index (χ4v) is 2.17. The molecule has 0 bridgehead atoms. The molecule has 0 aliphatic heterocycles. The first-order valence-electron chi connectivity index (χ1n) is 6.81. The molecule has 0 aliphatic rings. The highest BCUT2D eigenvalue weighted by molar-refractivity contribution is 6.32. The van der Waals surface area contributed by atoms with Crippen molar-refractivity contribution in [1.29, 1.82) is 0 Å². The molecule has 3 heteroatoms. The predicted molar refractivity (Wildman–Crippen MR) is 78.5 cm³/mol. The molecule has 0 radical (unpaired) electrons. The number of benzene rings is 1. The predicted octanol–water partition coefficient (Wildman–Crippen LogP) is 4.58. The van der Waals surface area contributed by atoms with E-state index in [0.717, 1.165) is 25.1 Å². The molecule has 1 aromatic rings. The fraction of sp³-hybridized carbons (Fsp3) is 0.600. The van der Waals surface area contributed by atoms with Crippen LogP contribution < -0.4 is 10.1 Å². The Hall–Kier alpha value is -0.730. The smallest absolute Gasteiger partial charge is 0.138 e. The van der Waals surface area contributed by atoms with Crippen molar-refractivity contribution in [2.45, 2.75) is 52.7 Å². The second kappa shape index (κ2) is 7.65. The second-order valence-corrected chi connectivity index (χ2v) is 4.93. The van der Waals surface area contributed by atoms with Gasteiger partial charge in [-0.25, -0.2) is 0 Å². The van der Waals surface area contributed by atoms with Crippen molar-refractivity contribution in [2.24, 2.45) is 0 Å². The van der Waals surface area contributed by atoms with Gasteiger partial charge in [-0.3, -0.25) is 0 Å². The van der Waals surface area contributed by atoms with Crippen LogP contribution in [0.25, 0.3) is 0 Å². The highest BCUT2D eigenvalue weighted by atomic mass is 35.5. The molecule has 0 saturated heterocycles. The SMILES string of the molecule is CCNC(C)c1ccc(OC(CC)CC)c(Cl)c1. The monoisotopic (exact) mass is 269 g/mol. The van der Waals surface area contributed by atoms with Gasteiger partial charge in [-0.2, -0.15) is 0 Å². The highest BCUT2D eigenvalue weighted by Gasteiger charge is 2.11. The zero-order valence-corrected chi connectivity index (χ0v) is 12.6. The summed E-state index contributed by atoms with van der Waals surface area (Å²) in [6, 6.07) is 6.36. The average molecular weight is 270 g/mol. The summed E-state index contributed by atoms with van der Waals surface area (Å²) in [6.45, 7) is 9.44. The lowest BCUT2D eigenvalue weighted by atomic mass is 10.1. The van der Waals surface area contributed by atoms with Crippen molar-refractivity contribution < 1.29 is 4.74 Å². The first-order valence-corrected chi connectivity index (χ1v) is 7.19. The number of rotatable bonds is 7. The first-order chi connectivity index (χ1) is 8.62. The minimum atomic E-state index is 0.250. The Bertz CT molecular complexity index is 364. The van der Waals surface area contributed by atoms with Gasteiger partial charge in [0.25, 0.3) is 0 Å². The van der Waals surface area contributed by atoms with E-state index in [2.05, 4.69) is 39.1 Å². The molecule has 0 saturated carbocycles. The van der Waals surface area contributed by atoms with E-state index in [1.807, 2.05) is 12.1 Å². The van der Waals surface area contributed by atoms with Crippen molar-refractivity contribution in [3.8, 4) is 5.75 Å². The summed E-state index contributed by atoms with van der Waals surface area (Å²) < 4.78 is 5.89. The molecule has 0 fully saturated rings. The van der Waals surface area contributed by atoms with Crippen LogP contribution in [0.4, 0.5) is 0 Å². The van der Waals surface area contributed by atoms with E-state index in [0.29, 0.717) is 11.1 Å². The van der Waals surface area contributed by atoms with E-state index >= 15 is 0 Å². The lowest BCUT2D eigenvalue weighted by Gasteiger charge is -2.18. The Morgan fingerprint density at radius 1 is 1.22 bits per heavy atom. The molecule has 0 aromatic heterocycles. The van der Waals surface area contributed by atoms with E-state index < -0.39 is 0 Å². The minimum absolute atomic E-state index is 0.250. The molecule has 1 unspecified atom stereocenters. The number of hydrogen-bond donors (Lipinski definition) is 1. The standard InChI is InChI=1S/C15H24ClNO/c1-5-13(6-2)18-15-9-8-12(10-14(15)16)11(4)17-7-3/h8-11,13,17H,5-7H2,1-4H3. The summed E-state index contributed by atoms with van der Waals surface area (Å²) in [7, 11) is 0. The first kappa shape index (κ1) is 15.3. The summed E-state index contributed by atoms with van der Waals surface area (Å²) in [5.41, 5.74) is 1.19. The quantitative estimate of drug-likeness (QED) is 0.782. The minimum Gasteiger partial charge on any atom is -0.489 e. The molecule has 0 amide bonds. The third-order valence-electron chi connectivity index (χ3n) is 3.17. The van der Waals surface area contributed by atoms with E-state index in [1.165, 1.54) is 5.56 Å². The Balaban J connectivity index is 2.79. The topological polar surface area (TPSA) is 21.3 Å². The van der Waals surface area contributed by atoms with Crippen LogP contribution >= 0.6 is 11.6 Å². The van der Waals surface area contributed by atoms with E-state index in [1.54, 1.807) is 0 Å². The number of ether oxygens (including phenoxy) is 1. The van der Waals surface area contributed by atoms with Crippen molar-refractivity contribution in [3.05, 3.63) is 28.8 Å². The van der Waals surface area contributed by atoms with E-state index in [-0.39, 0.29) is 6.10 Å². The molecule has 0 aliphatic carbocycles. The molecule has 1 atom stereocenters. The molecule has 1 aromatic carbocycles. The van der Waals surface area contributed by atoms with Crippen LogP contribution in [0.1, 0.15) is 52.1 Å². The van der Waals surface area contributed by atoms with Crippen molar-refractivity contribution in [1.82, 2.24) is 5.32 Å². The van der Waals surface area contributed by atoms with Crippen LogP contribution in [0.2, 0.25) is 5.02 Å². The third kappa shape index (κ3) is 4.18. The van der Waals surface area contributed by atoms with Crippen LogP contribution in [0.15, 0.2) is 18.2 Å². The third-order valence-corrected chi connectivity index (χ3v) is 3.47. The van der Waals surface area contributed by atoms with E-state index in [9.17, 15) is 0 Å². The maximum Gasteiger partial charge on any atom is 0.138 e. The van der Waals surface area contributed by atoms with Crippen LogP contribution in [-0.4, -0.2) is 12.6 Å². The summed E-state index contributed by atoms with van der Waals surface area (Å²) in [5, 5.41) is 4.07. The van der Waals surface area contributed by atoms with E-state index in [4.69, 9.17) is 16.3 Å². The molecular formula is C15H24ClNO. The van der Waals surface area contributed by atoms with Crippen molar-refractivity contribution in [2.75, 3.05) is 6.54 Å². The lowest BCUT2D eigenvalue weighted by Crippen LogP contribution is -2.18. The fourth-order valence-electron chi connectivity index (χ4n) is 1.94. The van der Waals surface area contributed by atoms with Gasteiger partial charge in [0, 0.05) is 6.04 Å². The van der Waals surface area contributed by atoms with Crippen molar-refractivity contribution in [3.63, 3.8) is 0 Å². The van der Waals surface area contributed by atoms with Gasteiger partial charge in [0.2, 0.25) is 0 Å². The van der Waals surface area contributed by atoms with Gasteiger partial charge < -0.3 is 10.1 Å². The van der Waals surface area contributed by atoms with Gasteiger partial charge in [0.15, 0.2) is 0 Å². The molecule has 18 heavy (non-hydrogen) atoms. The summed E-state index contributed by atoms with van der Waals surface area (Å²) >= 11 is 6.28. The van der Waals surface area contributed by atoms with Crippen LogP contribution in [0, 0.1) is 0 Å². The van der Waals surface area contributed by atoms with Gasteiger partial charge in [0.1, 0.15) is 5.75 Å². The van der Waals surface area contributed by atoms with Crippen LogP contribution in [-0.2, 0) is 0 Å². The molecule has 2 nitrogen and oxygen atoms in total. The molecule has 0 spiro atoms. The zero-order chi connectivity index (χ0) is 13.5. The molecule has 102 valence electrons. The number of hydrogen-bond acceptors (Lipinski definition) is 2. The Kier molecular flexibility index (Phi) is 6.51. The van der Waals surface area contributed by atoms with Crippen LogP contribution in [0.3, 0.4) is 0 Å². The molecular weight excluding hydrogens is 246 g/mol. The van der Waals surface area contributed by atoms with Crippen LogP contribution in [0.5, 0.6) is 5.75 Å². The van der Waals surface area contributed by atoms with Crippen molar-refractivity contribution >= 4 is 11.6 Å². The highest BCUT2D eigenvalue weighted by Crippen LogP contribution is 2.29. The Morgan fingerprint density at radius 2 is 1.89 bits per heavy atom. The maximum atomic E-state index is 6.28. The van der Waals surface area contributed by atoms with Gasteiger partial charge in [-0.1, -0.05) is 38.4 Å². The summed E-state index contributed by atoms with van der Waals surface area (Å²) in [6.07, 6.45) is 2.25. The normalized spacial score (nSPS) is 12.8. The molecule has 1 N–H and O–H groups in total. The molecule has 1 rings (SSSR count). The number of nitrogens with one attached hydrogen (secondary N) is 1. The summed E-state index contributed by atoms with van der Waals surface area (Å²) in [5.74, 6) is 0.790. The van der Waals surface area contributed by atoms with Gasteiger partial charge in [-0.15, -0.1) is 0 Å². The van der Waals surface area contributed by atoms with Gasteiger partial charge >= 0.3 is 0 Å². The molecule has 0 heterocycles. The largest absolute Gasteiger partial charge is 0.489 e. The second-order valence-electron chi connectivity index (χ2n) is 4.53. The Labute approximate surface area is 116 Å². The number of halogens is 1. The zero-order valence-electron chi connectivity index (χ0n) is 11.8. The maximum absolute atomic E-state index is 6.28. The average Bonchev–Trinajstić information content (AvgIpc) is 2.37. The van der Waals surface area contributed by atoms with Gasteiger partial charge in [0.05, 0.1) is 11.1 Å². The van der Waals surface area contributed by atoms with Gasteiger partial charge in [-0.05, 0) is 44.0 Å². The summed E-state index contributed by atoms with van der Waals surface area (Å²) in [4.78, 5) is 0. The Morgan fingerprint density at radius 3 is 2.39 bits per heavy atom. The lowest BCUT2D eigenvalue weighted by molar-refractivity contribution is 0.193.